The number of aromatic nitrogens is 5. The van der Waals surface area contributed by atoms with E-state index in [0.29, 0.717) is 5.95 Å². The lowest BCUT2D eigenvalue weighted by molar-refractivity contribution is 0.102. The van der Waals surface area contributed by atoms with Gasteiger partial charge in [-0.05, 0) is 12.1 Å². The molecule has 8 heteroatoms. The molecule has 0 spiro atoms. The van der Waals surface area contributed by atoms with E-state index in [-0.39, 0.29) is 10.8 Å². The molecule has 0 aromatic carbocycles. The van der Waals surface area contributed by atoms with Crippen molar-refractivity contribution in [2.75, 3.05) is 5.32 Å². The number of nitrogens with one attached hydrogen (secondary N) is 1. The first-order chi connectivity index (χ1) is 7.66. The Hall–Kier alpha value is -2.02. The molecular formula is C8H7ClN6O. The largest absolute Gasteiger partial charge is 0.289 e. The molecule has 82 valence electrons. The molecule has 0 aliphatic rings. The van der Waals surface area contributed by atoms with E-state index in [1.807, 2.05) is 0 Å². The van der Waals surface area contributed by atoms with Gasteiger partial charge in [0.25, 0.3) is 5.91 Å². The standard InChI is InChI=1S/C8H7ClN6O/c1-15-8(10-4-11-15)12-7(16)5-2-3-6(9)14-13-5/h2-4H,1H3,(H,10,11,12,16). The zero-order chi connectivity index (χ0) is 11.5. The smallest absolute Gasteiger partial charge is 0.278 e. The quantitative estimate of drug-likeness (QED) is 0.824. The van der Waals surface area contributed by atoms with Crippen molar-refractivity contribution in [2.24, 2.45) is 7.05 Å². The molecule has 2 aromatic heterocycles. The first-order valence-corrected chi connectivity index (χ1v) is 4.69. The van der Waals surface area contributed by atoms with Crippen LogP contribution in [0.4, 0.5) is 5.95 Å². The van der Waals surface area contributed by atoms with Crippen LogP contribution in [0, 0.1) is 0 Å². The van der Waals surface area contributed by atoms with E-state index in [1.54, 1.807) is 7.05 Å². The number of nitrogens with zero attached hydrogens (tertiary/aromatic N) is 5. The van der Waals surface area contributed by atoms with E-state index >= 15 is 0 Å². The van der Waals surface area contributed by atoms with Crippen LogP contribution in [0.3, 0.4) is 0 Å². The fourth-order valence-electron chi connectivity index (χ4n) is 1.01. The molecule has 0 aliphatic heterocycles. The normalized spacial score (nSPS) is 10.1. The van der Waals surface area contributed by atoms with E-state index in [2.05, 4.69) is 25.6 Å². The minimum absolute atomic E-state index is 0.160. The van der Waals surface area contributed by atoms with E-state index in [1.165, 1.54) is 23.1 Å². The Kier molecular flexibility index (Phi) is 2.78. The molecule has 0 bridgehead atoms. The number of aryl methyl sites for hydroxylation is 1. The van der Waals surface area contributed by atoms with Crippen LogP contribution in [0.1, 0.15) is 10.5 Å². The fourth-order valence-corrected chi connectivity index (χ4v) is 1.11. The summed E-state index contributed by atoms with van der Waals surface area (Å²) in [6.07, 6.45) is 1.34. The van der Waals surface area contributed by atoms with Gasteiger partial charge in [0, 0.05) is 7.05 Å². The number of halogens is 1. The van der Waals surface area contributed by atoms with E-state index < -0.39 is 5.91 Å². The predicted molar refractivity (Wildman–Crippen MR) is 56.0 cm³/mol. The summed E-state index contributed by atoms with van der Waals surface area (Å²) in [7, 11) is 1.66. The average Bonchev–Trinajstić information content (AvgIpc) is 2.65. The number of hydrogen-bond donors (Lipinski definition) is 1. The van der Waals surface area contributed by atoms with Crippen molar-refractivity contribution in [3.05, 3.63) is 29.3 Å². The summed E-state index contributed by atoms with van der Waals surface area (Å²) < 4.78 is 1.43. The SMILES string of the molecule is Cn1ncnc1NC(=O)c1ccc(Cl)nn1. The molecule has 1 N–H and O–H groups in total. The van der Waals surface area contributed by atoms with Gasteiger partial charge < -0.3 is 0 Å². The number of carbonyl (C=O) groups excluding carboxylic acids is 1. The minimum Gasteiger partial charge on any atom is -0.289 e. The summed E-state index contributed by atoms with van der Waals surface area (Å²) in [4.78, 5) is 15.5. The summed E-state index contributed by atoms with van der Waals surface area (Å²) in [5.41, 5.74) is 0.160. The maximum absolute atomic E-state index is 11.6. The second kappa shape index (κ2) is 4.23. The summed E-state index contributed by atoms with van der Waals surface area (Å²) >= 11 is 5.55. The Labute approximate surface area is 95.5 Å². The Morgan fingerprint density at radius 3 is 2.81 bits per heavy atom. The topological polar surface area (TPSA) is 85.6 Å². The van der Waals surface area contributed by atoms with Gasteiger partial charge in [-0.1, -0.05) is 11.6 Å². The monoisotopic (exact) mass is 238 g/mol. The van der Waals surface area contributed by atoms with Crippen molar-refractivity contribution < 1.29 is 4.79 Å². The highest BCUT2D eigenvalue weighted by atomic mass is 35.5. The third-order valence-corrected chi connectivity index (χ3v) is 2.00. The van der Waals surface area contributed by atoms with Crippen LogP contribution in [0.5, 0.6) is 0 Å². The van der Waals surface area contributed by atoms with Gasteiger partial charge in [-0.15, -0.1) is 10.2 Å². The van der Waals surface area contributed by atoms with Crippen LogP contribution >= 0.6 is 11.6 Å². The molecule has 1 amide bonds. The number of carbonyl (C=O) groups is 1. The average molecular weight is 239 g/mol. The Balaban J connectivity index is 2.15. The minimum atomic E-state index is -0.416. The zero-order valence-electron chi connectivity index (χ0n) is 8.25. The summed E-state index contributed by atoms with van der Waals surface area (Å²) in [5, 5.41) is 13.8. The molecule has 0 fully saturated rings. The van der Waals surface area contributed by atoms with Crippen LogP contribution in [0.15, 0.2) is 18.5 Å². The van der Waals surface area contributed by atoms with Gasteiger partial charge in [0.2, 0.25) is 5.95 Å². The van der Waals surface area contributed by atoms with Crippen molar-refractivity contribution in [2.45, 2.75) is 0 Å². The highest BCUT2D eigenvalue weighted by Gasteiger charge is 2.10. The molecule has 0 radical (unpaired) electrons. The lowest BCUT2D eigenvalue weighted by atomic mass is 10.4. The van der Waals surface area contributed by atoms with Crippen LogP contribution < -0.4 is 5.32 Å². The lowest BCUT2D eigenvalue weighted by Gasteiger charge is -2.02. The maximum atomic E-state index is 11.6. The predicted octanol–water partition coefficient (Wildman–Crippen LogP) is 0.511. The molecule has 2 rings (SSSR count). The summed E-state index contributed by atoms with van der Waals surface area (Å²) in [6, 6.07) is 2.96. The van der Waals surface area contributed by atoms with Crippen molar-refractivity contribution in [3.63, 3.8) is 0 Å². The molecule has 2 heterocycles. The highest BCUT2D eigenvalue weighted by Crippen LogP contribution is 2.05. The van der Waals surface area contributed by atoms with Gasteiger partial charge in [0.1, 0.15) is 6.33 Å². The summed E-state index contributed by atoms with van der Waals surface area (Å²) in [5.74, 6) is -0.0815. The molecule has 0 unspecified atom stereocenters. The second-order valence-corrected chi connectivity index (χ2v) is 3.29. The number of rotatable bonds is 2. The molecule has 0 saturated heterocycles. The first kappa shape index (κ1) is 10.5. The molecule has 7 nitrogen and oxygen atoms in total. The Morgan fingerprint density at radius 2 is 2.25 bits per heavy atom. The van der Waals surface area contributed by atoms with Gasteiger partial charge in [0.15, 0.2) is 10.8 Å². The molecule has 16 heavy (non-hydrogen) atoms. The van der Waals surface area contributed by atoms with E-state index in [9.17, 15) is 4.79 Å². The van der Waals surface area contributed by atoms with Gasteiger partial charge in [-0.25, -0.2) is 4.68 Å². The third-order valence-electron chi connectivity index (χ3n) is 1.80. The van der Waals surface area contributed by atoms with E-state index in [0.717, 1.165) is 0 Å². The Morgan fingerprint density at radius 1 is 1.44 bits per heavy atom. The number of anilines is 1. The van der Waals surface area contributed by atoms with Gasteiger partial charge in [-0.3, -0.25) is 10.1 Å². The molecule has 0 saturated carbocycles. The first-order valence-electron chi connectivity index (χ1n) is 4.31. The molecule has 2 aromatic rings. The van der Waals surface area contributed by atoms with Crippen molar-refractivity contribution in [3.8, 4) is 0 Å². The maximum Gasteiger partial charge on any atom is 0.278 e. The van der Waals surface area contributed by atoms with Gasteiger partial charge in [0.05, 0.1) is 0 Å². The third kappa shape index (κ3) is 2.14. The van der Waals surface area contributed by atoms with Gasteiger partial charge in [-0.2, -0.15) is 10.1 Å². The number of hydrogen-bond acceptors (Lipinski definition) is 5. The highest BCUT2D eigenvalue weighted by molar-refractivity contribution is 6.29. The fraction of sp³-hybridized carbons (Fsp3) is 0.125. The second-order valence-electron chi connectivity index (χ2n) is 2.90. The number of amides is 1. The summed E-state index contributed by atoms with van der Waals surface area (Å²) in [6.45, 7) is 0. The van der Waals surface area contributed by atoms with Crippen LogP contribution in [0.25, 0.3) is 0 Å². The van der Waals surface area contributed by atoms with Crippen LogP contribution in [0.2, 0.25) is 5.15 Å². The molecular weight excluding hydrogens is 232 g/mol. The van der Waals surface area contributed by atoms with Crippen molar-refractivity contribution >= 4 is 23.5 Å². The van der Waals surface area contributed by atoms with Crippen LogP contribution in [-0.4, -0.2) is 30.9 Å². The van der Waals surface area contributed by atoms with Crippen LogP contribution in [-0.2, 0) is 7.05 Å². The van der Waals surface area contributed by atoms with E-state index in [4.69, 9.17) is 11.6 Å². The van der Waals surface area contributed by atoms with Crippen molar-refractivity contribution in [1.82, 2.24) is 25.0 Å². The van der Waals surface area contributed by atoms with Crippen molar-refractivity contribution in [1.29, 1.82) is 0 Å². The lowest BCUT2D eigenvalue weighted by Crippen LogP contribution is -2.17. The zero-order valence-corrected chi connectivity index (χ0v) is 9.01. The molecule has 0 atom stereocenters. The van der Waals surface area contributed by atoms with Gasteiger partial charge >= 0.3 is 0 Å². The molecule has 0 aliphatic carbocycles. The Bertz CT molecular complexity index is 508.